The molecule has 1 nitrogen and oxygen atoms in total. The van der Waals surface area contributed by atoms with Crippen LogP contribution in [-0.2, 0) is 6.42 Å². The second-order valence-corrected chi connectivity index (χ2v) is 12.3. The Morgan fingerprint density at radius 1 is 0.737 bits per heavy atom. The maximum absolute atomic E-state index is 15.5. The molecule has 1 heterocycles. The fourth-order valence-corrected chi connectivity index (χ4v) is 6.81. The molecule has 0 spiro atoms. The van der Waals surface area contributed by atoms with Crippen LogP contribution in [0, 0.1) is 16.4 Å². The third-order valence-corrected chi connectivity index (χ3v) is 9.31. The highest BCUT2D eigenvalue weighted by atomic mass is 32.1. The van der Waals surface area contributed by atoms with Gasteiger partial charge in [-0.15, -0.1) is 0 Å². The number of benzene rings is 2. The van der Waals surface area contributed by atoms with Crippen molar-refractivity contribution in [3.05, 3.63) is 52.0 Å². The third-order valence-electron chi connectivity index (χ3n) is 9.01. The molecule has 4 rings (SSSR count). The van der Waals surface area contributed by atoms with Crippen LogP contribution in [0.5, 0.6) is 0 Å². The van der Waals surface area contributed by atoms with E-state index in [-0.39, 0.29) is 5.82 Å². The number of aryl methyl sites for hydroxylation is 1. The van der Waals surface area contributed by atoms with Crippen molar-refractivity contribution in [2.75, 3.05) is 0 Å². The Kier molecular flexibility index (Phi) is 11.7. The first-order chi connectivity index (χ1) is 18.6. The first kappa shape index (κ1) is 29.2. The lowest BCUT2D eigenvalue weighted by Gasteiger charge is -2.29. The molecule has 1 aliphatic rings. The van der Waals surface area contributed by atoms with E-state index in [4.69, 9.17) is 16.6 Å². The monoisotopic (exact) mass is 536 g/mol. The lowest BCUT2D eigenvalue weighted by Crippen LogP contribution is -2.13. The van der Waals surface area contributed by atoms with Crippen LogP contribution in [0.15, 0.2) is 34.7 Å². The molecule has 0 unspecified atom stereocenters. The maximum Gasteiger partial charge on any atom is 0.198 e. The minimum atomic E-state index is -0.224. The number of hydrogen-bond donors (Lipinski definition) is 0. The largest absolute Gasteiger partial charge is 0.441 e. The number of unbranched alkanes of at least 4 members (excludes halogenated alkanes) is 10. The van der Waals surface area contributed by atoms with E-state index in [2.05, 4.69) is 32.0 Å². The minimum absolute atomic E-state index is 0.224. The highest BCUT2D eigenvalue weighted by Crippen LogP contribution is 2.40. The van der Waals surface area contributed by atoms with E-state index in [0.29, 0.717) is 16.2 Å². The van der Waals surface area contributed by atoms with Crippen molar-refractivity contribution < 1.29 is 8.81 Å². The molecule has 0 atom stereocenters. The molecule has 0 N–H and O–H groups in total. The molecule has 2 aromatic carbocycles. The van der Waals surface area contributed by atoms with Crippen LogP contribution in [0.1, 0.15) is 140 Å². The van der Waals surface area contributed by atoms with Gasteiger partial charge in [-0.05, 0) is 85.2 Å². The molecule has 3 heteroatoms. The van der Waals surface area contributed by atoms with Crippen molar-refractivity contribution in [3.8, 4) is 0 Å². The molecule has 0 radical (unpaired) electrons. The zero-order valence-electron chi connectivity index (χ0n) is 24.0. The maximum atomic E-state index is 15.5. The second-order valence-electron chi connectivity index (χ2n) is 11.9. The van der Waals surface area contributed by atoms with E-state index >= 15 is 4.39 Å². The summed E-state index contributed by atoms with van der Waals surface area (Å²) in [6, 6.07) is 10.7. The van der Waals surface area contributed by atoms with Crippen molar-refractivity contribution in [3.63, 3.8) is 0 Å². The van der Waals surface area contributed by atoms with Crippen LogP contribution in [0.25, 0.3) is 21.7 Å². The molecule has 1 aliphatic carbocycles. The topological polar surface area (TPSA) is 13.1 Å². The van der Waals surface area contributed by atoms with Gasteiger partial charge in [0.2, 0.25) is 0 Å². The zero-order valence-corrected chi connectivity index (χ0v) is 24.8. The molecule has 0 bridgehead atoms. The Labute approximate surface area is 235 Å². The van der Waals surface area contributed by atoms with Crippen LogP contribution in [0.2, 0.25) is 0 Å². The summed E-state index contributed by atoms with van der Waals surface area (Å²) in [4.78, 5) is 0. The van der Waals surface area contributed by atoms with Gasteiger partial charge >= 0.3 is 0 Å². The van der Waals surface area contributed by atoms with Gasteiger partial charge in [0.1, 0.15) is 0 Å². The van der Waals surface area contributed by atoms with Gasteiger partial charge in [-0.2, -0.15) is 0 Å². The Bertz CT molecular complexity index is 1200. The van der Waals surface area contributed by atoms with Gasteiger partial charge in [-0.1, -0.05) is 115 Å². The quantitative estimate of drug-likeness (QED) is 0.109. The Balaban J connectivity index is 1.39. The Morgan fingerprint density at radius 3 is 2.08 bits per heavy atom. The molecular weight excluding hydrogens is 487 g/mol. The fraction of sp³-hybridized carbons (Fsp3) is 0.629. The van der Waals surface area contributed by atoms with Gasteiger partial charge in [0.25, 0.3) is 0 Å². The van der Waals surface area contributed by atoms with E-state index < -0.39 is 0 Å². The molecular formula is C35H49FOS. The molecule has 1 fully saturated rings. The number of rotatable bonds is 15. The smallest absolute Gasteiger partial charge is 0.198 e. The summed E-state index contributed by atoms with van der Waals surface area (Å²) in [5.74, 6) is 1.28. The Morgan fingerprint density at radius 2 is 1.37 bits per heavy atom. The molecule has 1 aromatic heterocycles. The van der Waals surface area contributed by atoms with E-state index in [1.54, 1.807) is 0 Å². The second kappa shape index (κ2) is 15.2. The van der Waals surface area contributed by atoms with Gasteiger partial charge in [0, 0.05) is 10.8 Å². The highest BCUT2D eigenvalue weighted by molar-refractivity contribution is 7.71. The first-order valence-electron chi connectivity index (χ1n) is 15.8. The number of halogens is 1. The predicted octanol–water partition coefficient (Wildman–Crippen LogP) is 12.4. The summed E-state index contributed by atoms with van der Waals surface area (Å²) in [6.45, 7) is 4.53. The molecule has 0 saturated heterocycles. The van der Waals surface area contributed by atoms with Crippen LogP contribution < -0.4 is 0 Å². The van der Waals surface area contributed by atoms with Gasteiger partial charge in [-0.25, -0.2) is 4.39 Å². The van der Waals surface area contributed by atoms with E-state index in [9.17, 15) is 0 Å². The first-order valence-corrected chi connectivity index (χ1v) is 16.2. The van der Waals surface area contributed by atoms with Gasteiger partial charge in [0.15, 0.2) is 16.1 Å². The van der Waals surface area contributed by atoms with Gasteiger partial charge in [0.05, 0.1) is 0 Å². The summed E-state index contributed by atoms with van der Waals surface area (Å²) >= 11 is 5.67. The lowest BCUT2D eigenvalue weighted by molar-refractivity contribution is 0.302. The van der Waals surface area contributed by atoms with Crippen molar-refractivity contribution in [1.82, 2.24) is 0 Å². The third kappa shape index (κ3) is 7.68. The predicted molar refractivity (Wildman–Crippen MR) is 164 cm³/mol. The van der Waals surface area contributed by atoms with Crippen molar-refractivity contribution in [2.24, 2.45) is 5.92 Å². The summed E-state index contributed by atoms with van der Waals surface area (Å²) in [5.41, 5.74) is 2.45. The van der Waals surface area contributed by atoms with Crippen LogP contribution >= 0.6 is 12.2 Å². The molecule has 0 amide bonds. The molecule has 38 heavy (non-hydrogen) atoms. The van der Waals surface area contributed by atoms with Gasteiger partial charge < -0.3 is 4.42 Å². The standard InChI is InChI=1S/C35H49FOS/c1-3-5-7-9-10-12-14-16-28-21-24-31-30-23-22-29(25-32(30)35(38)37-34(31)33(28)36)27-19-17-26(18-20-27)15-13-11-8-6-4-2/h21-27H,3-20H2,1-2H3. The van der Waals surface area contributed by atoms with Crippen molar-refractivity contribution in [2.45, 2.75) is 135 Å². The molecule has 3 aromatic rings. The SMILES string of the molecule is CCCCCCCCCc1ccc2c(oc(=S)c3cc(C4CCC(CCCCCCC)CC4)ccc32)c1F. The van der Waals surface area contributed by atoms with Crippen LogP contribution in [-0.4, -0.2) is 0 Å². The lowest BCUT2D eigenvalue weighted by atomic mass is 9.76. The summed E-state index contributed by atoms with van der Waals surface area (Å²) in [5, 5.41) is 2.82. The molecule has 1 saturated carbocycles. The summed E-state index contributed by atoms with van der Waals surface area (Å²) in [6.07, 6.45) is 22.9. The van der Waals surface area contributed by atoms with Crippen molar-refractivity contribution >= 4 is 34.0 Å². The minimum Gasteiger partial charge on any atom is -0.441 e. The van der Waals surface area contributed by atoms with Crippen LogP contribution in [0.4, 0.5) is 4.39 Å². The number of hydrogen-bond acceptors (Lipinski definition) is 2. The van der Waals surface area contributed by atoms with E-state index in [0.717, 1.165) is 46.9 Å². The zero-order chi connectivity index (χ0) is 26.7. The average Bonchev–Trinajstić information content (AvgIpc) is 2.94. The fourth-order valence-electron chi connectivity index (χ4n) is 6.56. The van der Waals surface area contributed by atoms with E-state index in [1.165, 1.54) is 102 Å². The summed E-state index contributed by atoms with van der Waals surface area (Å²) < 4.78 is 21.9. The Hall–Kier alpha value is -1.74. The summed E-state index contributed by atoms with van der Waals surface area (Å²) in [7, 11) is 0. The van der Waals surface area contributed by atoms with Crippen molar-refractivity contribution in [1.29, 1.82) is 0 Å². The van der Waals surface area contributed by atoms with Gasteiger partial charge in [-0.3, -0.25) is 0 Å². The average molecular weight is 537 g/mol. The normalized spacial score (nSPS) is 18.0. The van der Waals surface area contributed by atoms with E-state index in [1.807, 2.05) is 12.1 Å². The highest BCUT2D eigenvalue weighted by Gasteiger charge is 2.23. The number of fused-ring (bicyclic) bond motifs is 3. The molecule has 208 valence electrons. The van der Waals surface area contributed by atoms with Crippen LogP contribution in [0.3, 0.4) is 0 Å². The molecule has 0 aliphatic heterocycles.